The number of alkyl halides is 1. The van der Waals surface area contributed by atoms with E-state index in [-0.39, 0.29) is 11.6 Å². The Kier molecular flexibility index (Phi) is 10.5. The van der Waals surface area contributed by atoms with Gasteiger partial charge < -0.3 is 10.6 Å². The maximum Gasteiger partial charge on any atom is 0.173 e. The zero-order chi connectivity index (χ0) is 27.8. The maximum atomic E-state index is 11.9. The molecule has 0 spiro atoms. The van der Waals surface area contributed by atoms with Crippen molar-refractivity contribution in [1.29, 1.82) is 0 Å². The molecule has 0 amide bonds. The number of ketones is 2. The number of carbonyl (C=O) groups excluding carboxylic acids is 2. The Morgan fingerprint density at radius 1 is 0.632 bits per heavy atom. The van der Waals surface area contributed by atoms with E-state index in [4.69, 9.17) is 0 Å². The SMILES string of the molecule is CC(=O)c1c(C)cc(Nc2ccccc2)cc1C.Cc1cc(Nc2ccc(Br)cc2)cc(C)c1C(=O)CBr. The van der Waals surface area contributed by atoms with Crippen LogP contribution >= 0.6 is 31.9 Å². The molecule has 0 aliphatic carbocycles. The lowest BCUT2D eigenvalue weighted by Crippen LogP contribution is -2.06. The number of halogens is 2. The molecule has 0 aliphatic rings. The molecule has 4 nitrogen and oxygen atoms in total. The van der Waals surface area contributed by atoms with Crippen molar-refractivity contribution < 1.29 is 9.59 Å². The molecule has 4 aromatic rings. The Bertz CT molecular complexity index is 1390. The van der Waals surface area contributed by atoms with E-state index < -0.39 is 0 Å². The van der Waals surface area contributed by atoms with Crippen molar-refractivity contribution in [2.45, 2.75) is 34.6 Å². The highest BCUT2D eigenvalue weighted by molar-refractivity contribution is 9.10. The van der Waals surface area contributed by atoms with Gasteiger partial charge in [0.15, 0.2) is 11.6 Å². The number of anilines is 4. The molecule has 4 rings (SSSR count). The Balaban J connectivity index is 0.000000212. The fraction of sp³-hybridized carbons (Fsp3) is 0.188. The highest BCUT2D eigenvalue weighted by Crippen LogP contribution is 2.25. The lowest BCUT2D eigenvalue weighted by Gasteiger charge is -2.13. The topological polar surface area (TPSA) is 58.2 Å². The van der Waals surface area contributed by atoms with Gasteiger partial charge in [0.25, 0.3) is 0 Å². The summed E-state index contributed by atoms with van der Waals surface area (Å²) in [6.45, 7) is 9.49. The Morgan fingerprint density at radius 2 is 1.05 bits per heavy atom. The van der Waals surface area contributed by atoms with E-state index in [0.29, 0.717) is 5.33 Å². The highest BCUT2D eigenvalue weighted by atomic mass is 79.9. The molecule has 0 atom stereocenters. The Labute approximate surface area is 242 Å². The molecule has 6 heteroatoms. The lowest BCUT2D eigenvalue weighted by molar-refractivity contribution is 0.101. The van der Waals surface area contributed by atoms with E-state index in [1.165, 1.54) is 0 Å². The molecule has 0 saturated heterocycles. The van der Waals surface area contributed by atoms with Crippen LogP contribution in [0.5, 0.6) is 0 Å². The van der Waals surface area contributed by atoms with Crippen molar-refractivity contribution in [2.75, 3.05) is 16.0 Å². The molecule has 0 aromatic heterocycles. The van der Waals surface area contributed by atoms with Crippen LogP contribution in [-0.2, 0) is 0 Å². The van der Waals surface area contributed by atoms with Gasteiger partial charge in [-0.25, -0.2) is 0 Å². The van der Waals surface area contributed by atoms with Gasteiger partial charge in [0.1, 0.15) is 0 Å². The molecule has 0 unspecified atom stereocenters. The van der Waals surface area contributed by atoms with Gasteiger partial charge in [-0.05, 0) is 118 Å². The van der Waals surface area contributed by atoms with Crippen LogP contribution in [0.25, 0.3) is 0 Å². The second-order valence-electron chi connectivity index (χ2n) is 9.21. The van der Waals surface area contributed by atoms with Gasteiger partial charge in [0.2, 0.25) is 0 Å². The summed E-state index contributed by atoms with van der Waals surface area (Å²) in [4.78, 5) is 23.4. The predicted octanol–water partition coefficient (Wildman–Crippen LogP) is 9.64. The zero-order valence-electron chi connectivity index (χ0n) is 22.3. The number of hydrogen-bond donors (Lipinski definition) is 2. The van der Waals surface area contributed by atoms with Crippen molar-refractivity contribution in [3.05, 3.63) is 117 Å². The first kappa shape index (κ1) is 29.3. The van der Waals surface area contributed by atoms with Gasteiger partial charge in [0.05, 0.1) is 5.33 Å². The molecule has 0 bridgehead atoms. The van der Waals surface area contributed by atoms with Crippen LogP contribution in [0, 0.1) is 27.7 Å². The number of Topliss-reactive ketones (excluding diaryl/α,β-unsaturated/α-hetero) is 2. The summed E-state index contributed by atoms with van der Waals surface area (Å²) < 4.78 is 1.05. The molecule has 0 aliphatic heterocycles. The normalized spacial score (nSPS) is 10.3. The molecule has 0 saturated carbocycles. The second kappa shape index (κ2) is 13.5. The summed E-state index contributed by atoms with van der Waals surface area (Å²) in [7, 11) is 0. The molecule has 196 valence electrons. The van der Waals surface area contributed by atoms with Crippen molar-refractivity contribution in [3.8, 4) is 0 Å². The van der Waals surface area contributed by atoms with Crippen LogP contribution in [-0.4, -0.2) is 16.9 Å². The summed E-state index contributed by atoms with van der Waals surface area (Å²) in [5.41, 5.74) is 9.73. The smallest absolute Gasteiger partial charge is 0.173 e. The lowest BCUT2D eigenvalue weighted by atomic mass is 9.99. The predicted molar refractivity (Wildman–Crippen MR) is 167 cm³/mol. The van der Waals surface area contributed by atoms with Crippen LogP contribution in [0.15, 0.2) is 83.3 Å². The van der Waals surface area contributed by atoms with Crippen LogP contribution < -0.4 is 10.6 Å². The third-order valence-corrected chi connectivity index (χ3v) is 7.05. The van der Waals surface area contributed by atoms with Crippen LogP contribution in [0.3, 0.4) is 0 Å². The summed E-state index contributed by atoms with van der Waals surface area (Å²) in [5, 5.41) is 7.05. The van der Waals surface area contributed by atoms with Crippen molar-refractivity contribution in [3.63, 3.8) is 0 Å². The number of aryl methyl sites for hydroxylation is 4. The Hall–Kier alpha value is -3.22. The fourth-order valence-corrected chi connectivity index (χ4v) is 5.07. The first-order valence-electron chi connectivity index (χ1n) is 12.3. The minimum absolute atomic E-state index is 0.121. The molecule has 0 fully saturated rings. The average Bonchev–Trinajstić information content (AvgIpc) is 2.85. The summed E-state index contributed by atoms with van der Waals surface area (Å²) in [6.07, 6.45) is 0. The third kappa shape index (κ3) is 7.89. The highest BCUT2D eigenvalue weighted by Gasteiger charge is 2.12. The van der Waals surface area contributed by atoms with E-state index in [9.17, 15) is 9.59 Å². The number of nitrogens with one attached hydrogen (secondary N) is 2. The number of para-hydroxylation sites is 1. The van der Waals surface area contributed by atoms with Crippen LogP contribution in [0.1, 0.15) is 49.9 Å². The van der Waals surface area contributed by atoms with Gasteiger partial charge in [-0.1, -0.05) is 50.1 Å². The van der Waals surface area contributed by atoms with Gasteiger partial charge in [0, 0.05) is 38.3 Å². The molecule has 38 heavy (non-hydrogen) atoms. The molecule has 2 N–H and O–H groups in total. The van der Waals surface area contributed by atoms with E-state index in [0.717, 1.165) is 60.6 Å². The Morgan fingerprint density at radius 3 is 1.47 bits per heavy atom. The van der Waals surface area contributed by atoms with Crippen LogP contribution in [0.4, 0.5) is 22.7 Å². The standard InChI is InChI=1S/C16H15Br2NO.C16H17NO/c1-10-7-14(8-11(2)16(10)15(20)9-17)19-13-5-3-12(18)4-6-13;1-11-9-15(10-12(2)16(11)13(3)18)17-14-7-5-4-6-8-14/h3-8,19H,9H2,1-2H3;4-10,17H,1-3H3. The van der Waals surface area contributed by atoms with Crippen molar-refractivity contribution >= 4 is 66.2 Å². The summed E-state index contributed by atoms with van der Waals surface area (Å²) >= 11 is 6.65. The molecule has 0 radical (unpaired) electrons. The number of benzene rings is 4. The fourth-order valence-electron chi connectivity index (χ4n) is 4.52. The largest absolute Gasteiger partial charge is 0.356 e. The van der Waals surface area contributed by atoms with Gasteiger partial charge in [-0.15, -0.1) is 0 Å². The summed E-state index contributed by atoms with van der Waals surface area (Å²) in [6, 6.07) is 26.0. The maximum absolute atomic E-state index is 11.9. The second-order valence-corrected chi connectivity index (χ2v) is 10.7. The minimum atomic E-state index is 0.121. The van der Waals surface area contributed by atoms with Crippen molar-refractivity contribution in [1.82, 2.24) is 0 Å². The molecule has 4 aromatic carbocycles. The first-order valence-corrected chi connectivity index (χ1v) is 14.2. The summed E-state index contributed by atoms with van der Waals surface area (Å²) in [5.74, 6) is 0.242. The van der Waals surface area contributed by atoms with Gasteiger partial charge >= 0.3 is 0 Å². The minimum Gasteiger partial charge on any atom is -0.356 e. The van der Waals surface area contributed by atoms with E-state index >= 15 is 0 Å². The van der Waals surface area contributed by atoms with Gasteiger partial charge in [-0.2, -0.15) is 0 Å². The third-order valence-electron chi connectivity index (χ3n) is 6.01. The number of carbonyl (C=O) groups is 2. The van der Waals surface area contributed by atoms with Gasteiger partial charge in [-0.3, -0.25) is 9.59 Å². The quantitative estimate of drug-likeness (QED) is 0.157. The van der Waals surface area contributed by atoms with E-state index in [1.807, 2.05) is 107 Å². The van der Waals surface area contributed by atoms with E-state index in [1.54, 1.807) is 6.92 Å². The molecular formula is C32H32Br2N2O2. The van der Waals surface area contributed by atoms with Crippen molar-refractivity contribution in [2.24, 2.45) is 0 Å². The number of rotatable bonds is 7. The average molecular weight is 636 g/mol. The first-order chi connectivity index (χ1) is 18.1. The molecule has 0 heterocycles. The van der Waals surface area contributed by atoms with Crippen LogP contribution in [0.2, 0.25) is 0 Å². The zero-order valence-corrected chi connectivity index (χ0v) is 25.5. The van der Waals surface area contributed by atoms with E-state index in [2.05, 4.69) is 42.5 Å². The molecular weight excluding hydrogens is 604 g/mol. The monoisotopic (exact) mass is 634 g/mol. The number of hydrogen-bond acceptors (Lipinski definition) is 4.